The van der Waals surface area contributed by atoms with E-state index in [0.29, 0.717) is 0 Å². The smallest absolute Gasteiger partial charge is 0.0544 e. The van der Waals surface area contributed by atoms with Crippen molar-refractivity contribution in [2.45, 2.75) is 19.0 Å². The van der Waals surface area contributed by atoms with Gasteiger partial charge in [0.2, 0.25) is 0 Å². The SMILES string of the molecule is CN(Cc1ccccn1)[C@H](CCO)c1ccccc1. The van der Waals surface area contributed by atoms with Crippen molar-refractivity contribution in [1.29, 1.82) is 0 Å². The monoisotopic (exact) mass is 256 g/mol. The molecule has 1 atom stereocenters. The average molecular weight is 256 g/mol. The Kier molecular flexibility index (Phi) is 5.07. The molecule has 0 aliphatic carbocycles. The maximum absolute atomic E-state index is 9.27. The zero-order chi connectivity index (χ0) is 13.5. The highest BCUT2D eigenvalue weighted by atomic mass is 16.3. The van der Waals surface area contributed by atoms with E-state index in [1.807, 2.05) is 42.6 Å². The minimum Gasteiger partial charge on any atom is -0.396 e. The Hall–Kier alpha value is -1.71. The fourth-order valence-corrected chi connectivity index (χ4v) is 2.30. The van der Waals surface area contributed by atoms with Gasteiger partial charge in [0.1, 0.15) is 0 Å². The average Bonchev–Trinajstić information content (AvgIpc) is 2.46. The highest BCUT2D eigenvalue weighted by molar-refractivity contribution is 5.19. The molecule has 0 bridgehead atoms. The highest BCUT2D eigenvalue weighted by Crippen LogP contribution is 2.23. The third-order valence-electron chi connectivity index (χ3n) is 3.26. The Morgan fingerprint density at radius 1 is 1.11 bits per heavy atom. The van der Waals surface area contributed by atoms with Crippen LogP contribution in [0.1, 0.15) is 23.7 Å². The van der Waals surface area contributed by atoms with E-state index in [1.165, 1.54) is 5.56 Å². The van der Waals surface area contributed by atoms with Crippen LogP contribution in [0.3, 0.4) is 0 Å². The largest absolute Gasteiger partial charge is 0.396 e. The lowest BCUT2D eigenvalue weighted by Crippen LogP contribution is -2.25. The van der Waals surface area contributed by atoms with E-state index in [4.69, 9.17) is 0 Å². The zero-order valence-corrected chi connectivity index (χ0v) is 11.2. The van der Waals surface area contributed by atoms with E-state index < -0.39 is 0 Å². The van der Waals surface area contributed by atoms with Gasteiger partial charge in [-0.3, -0.25) is 9.88 Å². The van der Waals surface area contributed by atoms with Crippen molar-refractivity contribution in [3.8, 4) is 0 Å². The van der Waals surface area contributed by atoms with Gasteiger partial charge in [-0.05, 0) is 31.2 Å². The van der Waals surface area contributed by atoms with Crippen LogP contribution < -0.4 is 0 Å². The van der Waals surface area contributed by atoms with Gasteiger partial charge in [0, 0.05) is 25.4 Å². The Labute approximate surface area is 114 Å². The van der Waals surface area contributed by atoms with E-state index in [1.54, 1.807) is 0 Å². The second-order valence-corrected chi connectivity index (χ2v) is 4.67. The molecule has 2 rings (SSSR count). The number of hydrogen-bond donors (Lipinski definition) is 1. The molecule has 1 aromatic heterocycles. The molecule has 0 aliphatic heterocycles. The first-order valence-corrected chi connectivity index (χ1v) is 6.57. The number of nitrogens with zero attached hydrogens (tertiary/aromatic N) is 2. The van der Waals surface area contributed by atoms with Gasteiger partial charge in [-0.15, -0.1) is 0 Å². The lowest BCUT2D eigenvalue weighted by Gasteiger charge is -2.27. The summed E-state index contributed by atoms with van der Waals surface area (Å²) in [5.41, 5.74) is 2.28. The Balaban J connectivity index is 2.11. The number of hydrogen-bond acceptors (Lipinski definition) is 3. The molecule has 19 heavy (non-hydrogen) atoms. The minimum absolute atomic E-state index is 0.187. The highest BCUT2D eigenvalue weighted by Gasteiger charge is 2.16. The molecular weight excluding hydrogens is 236 g/mol. The van der Waals surface area contributed by atoms with Crippen LogP contribution in [0, 0.1) is 0 Å². The third-order valence-corrected chi connectivity index (χ3v) is 3.26. The molecule has 0 spiro atoms. The lowest BCUT2D eigenvalue weighted by molar-refractivity contribution is 0.178. The van der Waals surface area contributed by atoms with Gasteiger partial charge >= 0.3 is 0 Å². The molecule has 0 unspecified atom stereocenters. The molecule has 0 amide bonds. The zero-order valence-electron chi connectivity index (χ0n) is 11.2. The number of aliphatic hydroxyl groups is 1. The Bertz CT molecular complexity index is 473. The van der Waals surface area contributed by atoms with Crippen molar-refractivity contribution in [3.63, 3.8) is 0 Å². The lowest BCUT2D eigenvalue weighted by atomic mass is 10.0. The summed E-state index contributed by atoms with van der Waals surface area (Å²) in [6.07, 6.45) is 2.54. The predicted octanol–water partition coefficient (Wildman–Crippen LogP) is 2.64. The van der Waals surface area contributed by atoms with Gasteiger partial charge < -0.3 is 5.11 Å². The Morgan fingerprint density at radius 2 is 1.84 bits per heavy atom. The van der Waals surface area contributed by atoms with E-state index >= 15 is 0 Å². The number of aliphatic hydroxyl groups excluding tert-OH is 1. The molecule has 0 fully saturated rings. The predicted molar refractivity (Wildman–Crippen MR) is 76.6 cm³/mol. The fourth-order valence-electron chi connectivity index (χ4n) is 2.30. The Morgan fingerprint density at radius 3 is 2.47 bits per heavy atom. The van der Waals surface area contributed by atoms with Gasteiger partial charge in [-0.1, -0.05) is 36.4 Å². The summed E-state index contributed by atoms with van der Waals surface area (Å²) in [6, 6.07) is 16.5. The molecule has 1 N–H and O–H groups in total. The van der Waals surface area contributed by atoms with Gasteiger partial charge in [-0.2, -0.15) is 0 Å². The molecule has 0 saturated carbocycles. The van der Waals surface area contributed by atoms with Crippen LogP contribution >= 0.6 is 0 Å². The summed E-state index contributed by atoms with van der Waals surface area (Å²) < 4.78 is 0. The summed E-state index contributed by atoms with van der Waals surface area (Å²) in [5, 5.41) is 9.27. The van der Waals surface area contributed by atoms with E-state index in [-0.39, 0.29) is 12.6 Å². The van der Waals surface area contributed by atoms with Crippen molar-refractivity contribution in [1.82, 2.24) is 9.88 Å². The molecular formula is C16H20N2O. The first kappa shape index (κ1) is 13.7. The molecule has 2 aromatic rings. The summed E-state index contributed by atoms with van der Waals surface area (Å²) in [5.74, 6) is 0. The van der Waals surface area contributed by atoms with Crippen LogP contribution in [-0.4, -0.2) is 28.6 Å². The number of rotatable bonds is 6. The van der Waals surface area contributed by atoms with Gasteiger partial charge in [0.05, 0.1) is 5.69 Å². The van der Waals surface area contributed by atoms with Crippen molar-refractivity contribution in [3.05, 3.63) is 66.0 Å². The van der Waals surface area contributed by atoms with E-state index in [0.717, 1.165) is 18.7 Å². The molecule has 3 heteroatoms. The molecule has 100 valence electrons. The number of pyridine rings is 1. The van der Waals surface area contributed by atoms with Crippen molar-refractivity contribution >= 4 is 0 Å². The summed E-state index contributed by atoms with van der Waals surface area (Å²) in [7, 11) is 2.07. The maximum Gasteiger partial charge on any atom is 0.0544 e. The maximum atomic E-state index is 9.27. The van der Waals surface area contributed by atoms with Crippen LogP contribution in [0.25, 0.3) is 0 Å². The van der Waals surface area contributed by atoms with Crippen LogP contribution in [0.2, 0.25) is 0 Å². The second-order valence-electron chi connectivity index (χ2n) is 4.67. The standard InChI is InChI=1S/C16H20N2O/c1-18(13-15-9-5-6-11-17-15)16(10-12-19)14-7-3-2-4-8-14/h2-9,11,16,19H,10,12-13H2,1H3/t16-/m1/s1. The van der Waals surface area contributed by atoms with Crippen molar-refractivity contribution in [2.24, 2.45) is 0 Å². The third kappa shape index (κ3) is 3.88. The molecule has 0 radical (unpaired) electrons. The number of benzene rings is 1. The van der Waals surface area contributed by atoms with Crippen LogP contribution in [0.5, 0.6) is 0 Å². The minimum atomic E-state index is 0.187. The summed E-state index contributed by atoms with van der Waals surface area (Å²) in [6.45, 7) is 0.965. The van der Waals surface area contributed by atoms with Crippen molar-refractivity contribution in [2.75, 3.05) is 13.7 Å². The normalized spacial score (nSPS) is 12.6. The summed E-state index contributed by atoms with van der Waals surface area (Å²) in [4.78, 5) is 6.58. The molecule has 1 heterocycles. The molecule has 0 saturated heterocycles. The first-order chi connectivity index (χ1) is 9.31. The quantitative estimate of drug-likeness (QED) is 0.863. The van der Waals surface area contributed by atoms with Gasteiger partial charge in [0.15, 0.2) is 0 Å². The van der Waals surface area contributed by atoms with Crippen LogP contribution in [0.4, 0.5) is 0 Å². The molecule has 3 nitrogen and oxygen atoms in total. The van der Waals surface area contributed by atoms with E-state index in [9.17, 15) is 5.11 Å². The molecule has 0 aliphatic rings. The van der Waals surface area contributed by atoms with Gasteiger partial charge in [-0.25, -0.2) is 0 Å². The van der Waals surface area contributed by atoms with Crippen molar-refractivity contribution < 1.29 is 5.11 Å². The topological polar surface area (TPSA) is 36.4 Å². The second kappa shape index (κ2) is 7.02. The van der Waals surface area contributed by atoms with E-state index in [2.05, 4.69) is 29.1 Å². The first-order valence-electron chi connectivity index (χ1n) is 6.57. The number of aromatic nitrogens is 1. The van der Waals surface area contributed by atoms with Gasteiger partial charge in [0.25, 0.3) is 0 Å². The molecule has 1 aromatic carbocycles. The van der Waals surface area contributed by atoms with Crippen LogP contribution in [-0.2, 0) is 6.54 Å². The fraction of sp³-hybridized carbons (Fsp3) is 0.312. The van der Waals surface area contributed by atoms with Crippen LogP contribution in [0.15, 0.2) is 54.7 Å². The summed E-state index contributed by atoms with van der Waals surface area (Å²) >= 11 is 0.